The van der Waals surface area contributed by atoms with E-state index in [1.807, 2.05) is 0 Å². The van der Waals surface area contributed by atoms with Gasteiger partial charge in [0.25, 0.3) is 5.78 Å². The number of rotatable bonds is 8. The maximum Gasteiger partial charge on any atom is 0.272 e. The molecule has 0 saturated heterocycles. The Morgan fingerprint density at radius 1 is 0.654 bits per heavy atom. The van der Waals surface area contributed by atoms with E-state index in [0.29, 0.717) is 22.6 Å². The van der Waals surface area contributed by atoms with Crippen LogP contribution in [0.5, 0.6) is 11.5 Å². The Morgan fingerprint density at radius 3 is 1.31 bits per heavy atom. The van der Waals surface area contributed by atoms with E-state index < -0.39 is 17.3 Å². The van der Waals surface area contributed by atoms with Crippen molar-refractivity contribution in [2.75, 3.05) is 14.2 Å². The molecule has 0 N–H and O–H groups in total. The summed E-state index contributed by atoms with van der Waals surface area (Å²) >= 11 is 0. The number of allylic oxidation sites excluding steroid dienone is 2. The van der Waals surface area contributed by atoms with Gasteiger partial charge in [-0.2, -0.15) is 0 Å². The summed E-state index contributed by atoms with van der Waals surface area (Å²) in [4.78, 5) is 35.5. The first-order chi connectivity index (χ1) is 12.5. The average molecular weight is 350 g/mol. The molecule has 0 bridgehead atoms. The molecule has 0 aliphatic heterocycles. The Kier molecular flexibility index (Phi) is 6.62. The molecular formula is C21H18O5. The molecule has 0 aromatic heterocycles. The molecule has 0 amide bonds. The summed E-state index contributed by atoms with van der Waals surface area (Å²) in [6.07, 6.45) is 5.12. The second kappa shape index (κ2) is 9.13. The van der Waals surface area contributed by atoms with Crippen LogP contribution in [0.25, 0.3) is 12.2 Å². The Labute approximate surface area is 151 Å². The second-order valence-corrected chi connectivity index (χ2v) is 5.27. The monoisotopic (exact) mass is 350 g/mol. The molecule has 0 saturated carbocycles. The van der Waals surface area contributed by atoms with Crippen LogP contribution in [0.3, 0.4) is 0 Å². The molecule has 5 nitrogen and oxygen atoms in total. The predicted molar refractivity (Wildman–Crippen MR) is 99.1 cm³/mol. The van der Waals surface area contributed by atoms with Crippen molar-refractivity contribution in [2.24, 2.45) is 0 Å². The zero-order valence-electron chi connectivity index (χ0n) is 14.5. The van der Waals surface area contributed by atoms with Crippen molar-refractivity contribution in [1.82, 2.24) is 0 Å². The molecule has 132 valence electrons. The van der Waals surface area contributed by atoms with E-state index in [1.54, 1.807) is 62.8 Å². The highest BCUT2D eigenvalue weighted by molar-refractivity contribution is 6.68. The number of ether oxygens (including phenoxy) is 2. The van der Waals surface area contributed by atoms with Crippen LogP contribution < -0.4 is 9.47 Å². The fourth-order valence-electron chi connectivity index (χ4n) is 2.05. The first kappa shape index (κ1) is 18.9. The van der Waals surface area contributed by atoms with Crippen molar-refractivity contribution < 1.29 is 23.9 Å². The third-order valence-electron chi connectivity index (χ3n) is 3.53. The fraction of sp³-hybridized carbons (Fsp3) is 0.0952. The Balaban J connectivity index is 1.97. The zero-order valence-corrected chi connectivity index (χ0v) is 14.5. The first-order valence-electron chi connectivity index (χ1n) is 7.80. The van der Waals surface area contributed by atoms with Crippen LogP contribution in [0.15, 0.2) is 60.7 Å². The van der Waals surface area contributed by atoms with Crippen molar-refractivity contribution in [1.29, 1.82) is 0 Å². The van der Waals surface area contributed by atoms with Crippen LogP contribution in [-0.4, -0.2) is 31.6 Å². The Hall–Kier alpha value is -3.47. The maximum atomic E-state index is 11.8. The highest BCUT2D eigenvalue weighted by atomic mass is 16.5. The van der Waals surface area contributed by atoms with E-state index in [9.17, 15) is 14.4 Å². The topological polar surface area (TPSA) is 69.7 Å². The second-order valence-electron chi connectivity index (χ2n) is 5.27. The average Bonchev–Trinajstić information content (AvgIpc) is 2.70. The number of hydrogen-bond acceptors (Lipinski definition) is 5. The molecule has 5 heteroatoms. The number of benzene rings is 2. The summed E-state index contributed by atoms with van der Waals surface area (Å²) in [6, 6.07) is 13.9. The van der Waals surface area contributed by atoms with E-state index in [1.165, 1.54) is 12.2 Å². The highest BCUT2D eigenvalue weighted by Crippen LogP contribution is 2.13. The maximum absolute atomic E-state index is 11.8. The van der Waals surface area contributed by atoms with Crippen LogP contribution in [0.4, 0.5) is 0 Å². The molecule has 0 radical (unpaired) electrons. The van der Waals surface area contributed by atoms with Gasteiger partial charge in [-0.15, -0.1) is 0 Å². The van der Waals surface area contributed by atoms with Crippen molar-refractivity contribution in [3.63, 3.8) is 0 Å². The number of ketones is 3. The summed E-state index contributed by atoms with van der Waals surface area (Å²) in [6.45, 7) is 0. The molecule has 0 spiro atoms. The minimum absolute atomic E-state index is 0.684. The van der Waals surface area contributed by atoms with Gasteiger partial charge in [0.1, 0.15) is 11.5 Å². The summed E-state index contributed by atoms with van der Waals surface area (Å²) in [7, 11) is 3.11. The van der Waals surface area contributed by atoms with Crippen LogP contribution in [0, 0.1) is 0 Å². The van der Waals surface area contributed by atoms with Gasteiger partial charge in [0.2, 0.25) is 11.6 Å². The third kappa shape index (κ3) is 5.27. The van der Waals surface area contributed by atoms with Crippen molar-refractivity contribution in [2.45, 2.75) is 0 Å². The largest absolute Gasteiger partial charge is 0.497 e. The Bertz CT molecular complexity index is 771. The van der Waals surface area contributed by atoms with Crippen molar-refractivity contribution in [3.8, 4) is 11.5 Å². The number of hydrogen-bond donors (Lipinski definition) is 0. The lowest BCUT2D eigenvalue weighted by Crippen LogP contribution is -2.20. The van der Waals surface area contributed by atoms with Gasteiger partial charge >= 0.3 is 0 Å². The van der Waals surface area contributed by atoms with E-state index >= 15 is 0 Å². The normalized spacial score (nSPS) is 10.8. The smallest absolute Gasteiger partial charge is 0.272 e. The number of carbonyl (C=O) groups is 3. The van der Waals surface area contributed by atoms with Gasteiger partial charge in [-0.05, 0) is 47.5 Å². The molecule has 0 fully saturated rings. The van der Waals surface area contributed by atoms with Gasteiger partial charge < -0.3 is 9.47 Å². The van der Waals surface area contributed by atoms with Gasteiger partial charge in [0.15, 0.2) is 0 Å². The number of carbonyl (C=O) groups excluding carboxylic acids is 3. The summed E-state index contributed by atoms with van der Waals surface area (Å²) in [5, 5.41) is 0. The molecular weight excluding hydrogens is 332 g/mol. The highest BCUT2D eigenvalue weighted by Gasteiger charge is 2.17. The molecule has 2 aromatic rings. The van der Waals surface area contributed by atoms with Gasteiger partial charge in [-0.25, -0.2) is 0 Å². The lowest BCUT2D eigenvalue weighted by molar-refractivity contribution is -0.140. The number of methoxy groups -OCH3 is 2. The fourth-order valence-corrected chi connectivity index (χ4v) is 2.05. The first-order valence-corrected chi connectivity index (χ1v) is 7.80. The quantitative estimate of drug-likeness (QED) is 0.416. The third-order valence-corrected chi connectivity index (χ3v) is 3.53. The van der Waals surface area contributed by atoms with Crippen LogP contribution in [-0.2, 0) is 14.4 Å². The molecule has 2 rings (SSSR count). The van der Waals surface area contributed by atoms with Gasteiger partial charge in [-0.1, -0.05) is 36.4 Å². The lowest BCUT2D eigenvalue weighted by atomic mass is 10.1. The molecule has 0 atom stereocenters. The van der Waals surface area contributed by atoms with Gasteiger partial charge in [0, 0.05) is 0 Å². The molecule has 2 aromatic carbocycles. The minimum Gasteiger partial charge on any atom is -0.497 e. The SMILES string of the molecule is COc1ccc(C=CC(=O)C(=O)C(=O)C=Cc2ccc(OC)cc2)cc1. The molecule has 0 heterocycles. The standard InChI is InChI=1S/C21H18O5/c1-25-17-9-3-15(4-10-17)7-13-19(22)21(24)20(23)14-8-16-5-11-18(26-2)12-6-16/h3-14H,1-2H3. The van der Waals surface area contributed by atoms with Crippen LogP contribution in [0.2, 0.25) is 0 Å². The van der Waals surface area contributed by atoms with Gasteiger partial charge in [0.05, 0.1) is 14.2 Å². The summed E-state index contributed by atoms with van der Waals surface area (Å²) in [5.74, 6) is -1.46. The van der Waals surface area contributed by atoms with Gasteiger partial charge in [-0.3, -0.25) is 14.4 Å². The van der Waals surface area contributed by atoms with E-state index in [-0.39, 0.29) is 0 Å². The molecule has 0 unspecified atom stereocenters. The molecule has 26 heavy (non-hydrogen) atoms. The zero-order chi connectivity index (χ0) is 18.9. The van der Waals surface area contributed by atoms with E-state index in [4.69, 9.17) is 9.47 Å². The molecule has 0 aliphatic carbocycles. The van der Waals surface area contributed by atoms with E-state index in [2.05, 4.69) is 0 Å². The van der Waals surface area contributed by atoms with Crippen molar-refractivity contribution >= 4 is 29.5 Å². The van der Waals surface area contributed by atoms with Crippen LogP contribution in [0.1, 0.15) is 11.1 Å². The summed E-state index contributed by atoms with van der Waals surface area (Å²) < 4.78 is 10.1. The van der Waals surface area contributed by atoms with Crippen molar-refractivity contribution in [3.05, 3.63) is 71.8 Å². The number of Topliss-reactive ketones (excluding diaryl/α,β-unsaturated/α-hetero) is 1. The van der Waals surface area contributed by atoms with Crippen LogP contribution >= 0.6 is 0 Å². The molecule has 0 aliphatic rings. The lowest BCUT2D eigenvalue weighted by Gasteiger charge is -1.99. The predicted octanol–water partition coefficient (Wildman–Crippen LogP) is 3.14. The summed E-state index contributed by atoms with van der Waals surface area (Å²) in [5.41, 5.74) is 1.43. The minimum atomic E-state index is -1.08. The van der Waals surface area contributed by atoms with E-state index in [0.717, 1.165) is 12.2 Å². The Morgan fingerprint density at radius 2 is 1.00 bits per heavy atom.